The molecule has 0 atom stereocenters. The first-order valence-corrected chi connectivity index (χ1v) is 5.74. The first-order chi connectivity index (χ1) is 8.00. The summed E-state index contributed by atoms with van der Waals surface area (Å²) in [6.07, 6.45) is 0. The van der Waals surface area contributed by atoms with Crippen molar-refractivity contribution in [2.45, 2.75) is 12.2 Å². The van der Waals surface area contributed by atoms with E-state index in [9.17, 15) is 31.3 Å². The molecule has 11 heteroatoms. The predicted molar refractivity (Wildman–Crippen MR) is 51.4 cm³/mol. The average Bonchev–Trinajstić information content (AvgIpc) is 2.21. The van der Waals surface area contributed by atoms with E-state index < -0.39 is 40.5 Å². The molecule has 0 aromatic heterocycles. The smallest absolute Gasteiger partial charge is 0.743 e. The maximum Gasteiger partial charge on any atom is 1.00 e. The van der Waals surface area contributed by atoms with E-state index in [0.717, 1.165) is 0 Å². The maximum absolute atomic E-state index is 12.5. The second-order valence-electron chi connectivity index (χ2n) is 3.02. The Kier molecular flexibility index (Phi) is 8.63. The van der Waals surface area contributed by atoms with Crippen LogP contribution in [0.1, 0.15) is 6.92 Å². The Bertz CT molecular complexity index is 460. The molecule has 0 aliphatic heterocycles. The van der Waals surface area contributed by atoms with Crippen molar-refractivity contribution in [3.05, 3.63) is 12.2 Å². The summed E-state index contributed by atoms with van der Waals surface area (Å²) in [7, 11) is -6.15. The van der Waals surface area contributed by atoms with Crippen LogP contribution in [0.5, 0.6) is 0 Å². The topological polar surface area (TPSA) is 110 Å². The molecule has 0 spiro atoms. The number of carbonyl (C=O) groups excluding carboxylic acids is 2. The number of alkyl halides is 2. The first-order valence-electron chi connectivity index (χ1n) is 4.33. The summed E-state index contributed by atoms with van der Waals surface area (Å²) in [6, 6.07) is 0. The van der Waals surface area contributed by atoms with E-state index in [2.05, 4.69) is 16.1 Å². The third kappa shape index (κ3) is 6.43. The molecule has 0 rings (SSSR count). The van der Waals surface area contributed by atoms with Gasteiger partial charge < -0.3 is 14.0 Å². The fraction of sp³-hybridized carbons (Fsp3) is 0.500. The van der Waals surface area contributed by atoms with Gasteiger partial charge in [0.1, 0.15) is 13.2 Å². The van der Waals surface area contributed by atoms with Crippen LogP contribution < -0.4 is 29.6 Å². The number of ether oxygens (including phenoxy) is 2. The zero-order valence-corrected chi connectivity index (χ0v) is 13.0. The molecule has 0 unspecified atom stereocenters. The fourth-order valence-electron chi connectivity index (χ4n) is 0.578. The van der Waals surface area contributed by atoms with Gasteiger partial charge in [0.15, 0.2) is 10.1 Å². The number of hydrogen-bond donors (Lipinski definition) is 0. The van der Waals surface area contributed by atoms with E-state index in [1.807, 2.05) is 0 Å². The van der Waals surface area contributed by atoms with Gasteiger partial charge in [-0.2, -0.15) is 8.78 Å². The number of halogens is 2. The van der Waals surface area contributed by atoms with Gasteiger partial charge in [-0.05, 0) is 6.92 Å². The number of esters is 2. The summed E-state index contributed by atoms with van der Waals surface area (Å²) in [6.45, 7) is 3.15. The SMILES string of the molecule is C=C(C)C(=O)OCCOC(=O)C(F)(F)S(=O)(=O)[O-].[Na+]. The van der Waals surface area contributed by atoms with E-state index in [1.165, 1.54) is 6.92 Å². The van der Waals surface area contributed by atoms with Crippen LogP contribution in [0, 0.1) is 0 Å². The molecule has 0 heterocycles. The van der Waals surface area contributed by atoms with E-state index in [1.54, 1.807) is 0 Å². The summed E-state index contributed by atoms with van der Waals surface area (Å²) in [5.74, 6) is -3.36. The third-order valence-electron chi connectivity index (χ3n) is 1.45. The van der Waals surface area contributed by atoms with Crippen LogP contribution in [0.25, 0.3) is 0 Å². The van der Waals surface area contributed by atoms with Crippen molar-refractivity contribution in [3.8, 4) is 0 Å². The number of rotatable bonds is 6. The van der Waals surface area contributed by atoms with Crippen LogP contribution in [0.4, 0.5) is 8.78 Å². The predicted octanol–water partition coefficient (Wildman–Crippen LogP) is -3.21. The van der Waals surface area contributed by atoms with E-state index >= 15 is 0 Å². The monoisotopic (exact) mass is 310 g/mol. The third-order valence-corrected chi connectivity index (χ3v) is 2.24. The Labute approximate surface area is 130 Å². The van der Waals surface area contributed by atoms with Crippen molar-refractivity contribution in [1.29, 1.82) is 0 Å². The van der Waals surface area contributed by atoms with Crippen LogP contribution in [-0.2, 0) is 29.2 Å². The molecule has 0 saturated heterocycles. The van der Waals surface area contributed by atoms with Gasteiger partial charge in [0.25, 0.3) is 0 Å². The molecule has 0 fully saturated rings. The van der Waals surface area contributed by atoms with Gasteiger partial charge in [0, 0.05) is 5.57 Å². The van der Waals surface area contributed by atoms with Gasteiger partial charge >= 0.3 is 46.8 Å². The molecule has 0 aromatic rings. The molecule has 0 aliphatic rings. The van der Waals surface area contributed by atoms with E-state index in [0.29, 0.717) is 0 Å². The molecule has 0 N–H and O–H groups in total. The number of hydrogen-bond acceptors (Lipinski definition) is 7. The second-order valence-corrected chi connectivity index (χ2v) is 4.44. The van der Waals surface area contributed by atoms with Crippen LogP contribution >= 0.6 is 0 Å². The van der Waals surface area contributed by atoms with Gasteiger partial charge in [0.2, 0.25) is 0 Å². The van der Waals surface area contributed by atoms with Crippen molar-refractivity contribution in [3.63, 3.8) is 0 Å². The minimum Gasteiger partial charge on any atom is -0.743 e. The standard InChI is InChI=1S/C8H10F2O7S.Na/c1-5(2)6(11)16-3-4-17-7(12)8(9,10)18(13,14)15;/h1,3-4H2,2H3,(H,13,14,15);/q;+1/p-1. The minimum absolute atomic E-state index is 0. The summed E-state index contributed by atoms with van der Waals surface area (Å²) in [4.78, 5) is 21.4. The van der Waals surface area contributed by atoms with Crippen molar-refractivity contribution in [2.24, 2.45) is 0 Å². The van der Waals surface area contributed by atoms with Crippen molar-refractivity contribution in [1.82, 2.24) is 0 Å². The Morgan fingerprint density at radius 1 is 1.26 bits per heavy atom. The Morgan fingerprint density at radius 3 is 2.05 bits per heavy atom. The molecule has 7 nitrogen and oxygen atoms in total. The Balaban J connectivity index is 0. The average molecular weight is 310 g/mol. The minimum atomic E-state index is -6.15. The molecular formula is C8H9F2NaO7S. The normalized spacial score (nSPS) is 11.2. The van der Waals surface area contributed by atoms with Gasteiger partial charge in [-0.25, -0.2) is 18.0 Å². The molecule has 0 radical (unpaired) electrons. The largest absolute Gasteiger partial charge is 1.00 e. The van der Waals surface area contributed by atoms with Crippen molar-refractivity contribution >= 4 is 22.1 Å². The van der Waals surface area contributed by atoms with Crippen LogP contribution in [0.15, 0.2) is 12.2 Å². The van der Waals surface area contributed by atoms with Gasteiger partial charge in [0.05, 0.1) is 0 Å². The van der Waals surface area contributed by atoms with Crippen LogP contribution in [-0.4, -0.2) is 43.4 Å². The Morgan fingerprint density at radius 2 is 1.68 bits per heavy atom. The van der Waals surface area contributed by atoms with E-state index in [-0.39, 0.29) is 35.1 Å². The fourth-order valence-corrected chi connectivity index (χ4v) is 0.841. The van der Waals surface area contributed by atoms with Gasteiger partial charge in [-0.3, -0.25) is 0 Å². The molecule has 0 amide bonds. The van der Waals surface area contributed by atoms with E-state index in [4.69, 9.17) is 0 Å². The summed E-state index contributed by atoms with van der Waals surface area (Å²) < 4.78 is 63.3. The van der Waals surface area contributed by atoms with Crippen LogP contribution in [0.2, 0.25) is 0 Å². The second kappa shape index (κ2) is 7.90. The molecule has 0 aliphatic carbocycles. The summed E-state index contributed by atoms with van der Waals surface area (Å²) in [5, 5.41) is -5.18. The maximum atomic E-state index is 12.5. The van der Waals surface area contributed by atoms with Crippen LogP contribution in [0.3, 0.4) is 0 Å². The summed E-state index contributed by atoms with van der Waals surface area (Å²) >= 11 is 0. The van der Waals surface area contributed by atoms with Crippen molar-refractivity contribution in [2.75, 3.05) is 13.2 Å². The zero-order chi connectivity index (χ0) is 14.6. The molecule has 19 heavy (non-hydrogen) atoms. The van der Waals surface area contributed by atoms with Gasteiger partial charge in [-0.1, -0.05) is 6.58 Å². The van der Waals surface area contributed by atoms with Gasteiger partial charge in [-0.15, -0.1) is 0 Å². The quantitative estimate of drug-likeness (QED) is 0.167. The first kappa shape index (κ1) is 20.8. The molecule has 0 bridgehead atoms. The summed E-state index contributed by atoms with van der Waals surface area (Å²) in [5.41, 5.74) is 0.0359. The molecule has 0 saturated carbocycles. The Hall–Kier alpha value is -0.550. The zero-order valence-electron chi connectivity index (χ0n) is 10.1. The molecule has 0 aromatic carbocycles. The molecule has 104 valence electrons. The number of carbonyl (C=O) groups is 2. The van der Waals surface area contributed by atoms with Crippen molar-refractivity contribution < 1.29 is 70.4 Å². The molecular weight excluding hydrogens is 301 g/mol.